The van der Waals surface area contributed by atoms with Crippen molar-refractivity contribution in [1.82, 2.24) is 9.80 Å². The van der Waals surface area contributed by atoms with Gasteiger partial charge in [-0.2, -0.15) is 5.26 Å². The Hall–Kier alpha value is -2.66. The molecule has 1 unspecified atom stereocenters. The van der Waals surface area contributed by atoms with Gasteiger partial charge in [0, 0.05) is 31.4 Å². The molecule has 8 heteroatoms. The first kappa shape index (κ1) is 25.0. The van der Waals surface area contributed by atoms with Crippen LogP contribution in [0.15, 0.2) is 42.5 Å². The normalized spacial score (nSPS) is 27.2. The Morgan fingerprint density at radius 1 is 1.31 bits per heavy atom. The summed E-state index contributed by atoms with van der Waals surface area (Å²) in [7, 11) is 0. The van der Waals surface area contributed by atoms with Gasteiger partial charge in [-0.3, -0.25) is 0 Å². The molecule has 0 radical (unpaired) electrons. The number of halogens is 2. The Labute approximate surface area is 216 Å². The highest BCUT2D eigenvalue weighted by molar-refractivity contribution is 6.31. The van der Waals surface area contributed by atoms with E-state index >= 15 is 0 Å². The van der Waals surface area contributed by atoms with Gasteiger partial charge in [0.1, 0.15) is 5.82 Å². The molecule has 6 nitrogen and oxygen atoms in total. The largest absolute Gasteiger partial charge is 0.392 e. The first-order valence-electron chi connectivity index (χ1n) is 12.8. The number of nitrogens with one attached hydrogen (secondary N) is 1. The topological polar surface area (TPSA) is 79.6 Å². The number of carbonyl (C=O) groups excluding carboxylic acids is 1. The third kappa shape index (κ3) is 5.22. The zero-order chi connectivity index (χ0) is 25.3. The van der Waals surface area contributed by atoms with Crippen LogP contribution in [0.5, 0.6) is 0 Å². The van der Waals surface area contributed by atoms with Crippen LogP contribution < -0.4 is 5.32 Å². The summed E-state index contributed by atoms with van der Waals surface area (Å²) in [5.41, 5.74) is 2.54. The van der Waals surface area contributed by atoms with E-state index in [2.05, 4.69) is 22.4 Å². The third-order valence-electron chi connectivity index (χ3n) is 8.27. The number of hydrogen-bond donors (Lipinski definition) is 2. The lowest BCUT2D eigenvalue weighted by Gasteiger charge is -2.37. The molecular formula is C28H32ClFN4O2. The van der Waals surface area contributed by atoms with Gasteiger partial charge in [0.25, 0.3) is 0 Å². The summed E-state index contributed by atoms with van der Waals surface area (Å²) in [6.45, 7) is 3.03. The van der Waals surface area contributed by atoms with E-state index in [4.69, 9.17) is 11.6 Å². The number of β-amino-alcohol motifs (C(OH)–C–C–N with tert-alkyl or cyclic N) is 1. The molecule has 1 aliphatic heterocycles. The molecule has 36 heavy (non-hydrogen) atoms. The first-order valence-corrected chi connectivity index (χ1v) is 13.2. The van der Waals surface area contributed by atoms with Gasteiger partial charge in [-0.25, -0.2) is 9.18 Å². The van der Waals surface area contributed by atoms with Gasteiger partial charge in [0.05, 0.1) is 22.8 Å². The second-order valence-electron chi connectivity index (χ2n) is 10.5. The van der Waals surface area contributed by atoms with E-state index in [0.717, 1.165) is 51.6 Å². The van der Waals surface area contributed by atoms with Crippen molar-refractivity contribution in [2.24, 2.45) is 5.92 Å². The predicted molar refractivity (Wildman–Crippen MR) is 137 cm³/mol. The van der Waals surface area contributed by atoms with Crippen LogP contribution in [0, 0.1) is 23.1 Å². The van der Waals surface area contributed by atoms with Gasteiger partial charge in [0.2, 0.25) is 0 Å². The first-order chi connectivity index (χ1) is 17.4. The Balaban J connectivity index is 1.27. The lowest BCUT2D eigenvalue weighted by molar-refractivity contribution is 0.151. The number of nitrogens with zero attached hydrogens (tertiary/aromatic N) is 3. The van der Waals surface area contributed by atoms with Crippen LogP contribution in [0.1, 0.15) is 49.7 Å². The van der Waals surface area contributed by atoms with Crippen molar-refractivity contribution in [3.63, 3.8) is 0 Å². The van der Waals surface area contributed by atoms with Crippen molar-refractivity contribution in [2.75, 3.05) is 31.5 Å². The number of likely N-dealkylation sites (tertiary alicyclic amines) is 1. The molecule has 2 N–H and O–H groups in total. The van der Waals surface area contributed by atoms with Crippen molar-refractivity contribution < 1.29 is 14.3 Å². The average molecular weight is 511 g/mol. The fraction of sp³-hybridized carbons (Fsp3) is 0.500. The van der Waals surface area contributed by atoms with E-state index in [9.17, 15) is 19.6 Å². The maximum absolute atomic E-state index is 13.6. The molecular weight excluding hydrogens is 479 g/mol. The van der Waals surface area contributed by atoms with Gasteiger partial charge in [-0.15, -0.1) is 0 Å². The number of nitriles is 1. The highest BCUT2D eigenvalue weighted by atomic mass is 35.5. The monoisotopic (exact) mass is 510 g/mol. The molecule has 2 aliphatic carbocycles. The van der Waals surface area contributed by atoms with Gasteiger partial charge >= 0.3 is 6.03 Å². The molecule has 2 aromatic carbocycles. The number of amides is 2. The Kier molecular flexibility index (Phi) is 7.21. The van der Waals surface area contributed by atoms with Crippen LogP contribution >= 0.6 is 11.6 Å². The van der Waals surface area contributed by atoms with Gasteiger partial charge < -0.3 is 20.2 Å². The molecule has 1 saturated heterocycles. The van der Waals surface area contributed by atoms with E-state index in [-0.39, 0.29) is 28.6 Å². The number of urea groups is 1. The molecule has 3 fully saturated rings. The third-order valence-corrected chi connectivity index (χ3v) is 8.56. The summed E-state index contributed by atoms with van der Waals surface area (Å²) in [6.07, 6.45) is 5.27. The quantitative estimate of drug-likeness (QED) is 0.539. The molecule has 1 heterocycles. The van der Waals surface area contributed by atoms with E-state index in [1.165, 1.54) is 23.8 Å². The molecule has 2 aromatic rings. The number of aliphatic hydroxyl groups excluding tert-OH is 1. The number of aliphatic hydroxyl groups is 1. The minimum Gasteiger partial charge on any atom is -0.392 e. The summed E-state index contributed by atoms with van der Waals surface area (Å²) in [5, 5.41) is 22.0. The van der Waals surface area contributed by atoms with Crippen molar-refractivity contribution in [2.45, 2.75) is 56.1 Å². The highest BCUT2D eigenvalue weighted by Crippen LogP contribution is 2.62. The van der Waals surface area contributed by atoms with Crippen LogP contribution in [-0.2, 0) is 5.41 Å². The number of anilines is 1. The summed E-state index contributed by atoms with van der Waals surface area (Å²) in [6, 6.07) is 14.4. The maximum atomic E-state index is 13.6. The molecule has 190 valence electrons. The predicted octanol–water partition coefficient (Wildman–Crippen LogP) is 5.15. The van der Waals surface area contributed by atoms with Gasteiger partial charge in [-0.05, 0) is 92.3 Å². The number of benzene rings is 2. The fourth-order valence-electron chi connectivity index (χ4n) is 6.24. The Morgan fingerprint density at radius 3 is 2.89 bits per heavy atom. The minimum absolute atomic E-state index is 0.0213. The number of hydrogen-bond acceptors (Lipinski definition) is 4. The smallest absolute Gasteiger partial charge is 0.322 e. The molecule has 5 rings (SSSR count). The second kappa shape index (κ2) is 10.4. The molecule has 0 spiro atoms. The van der Waals surface area contributed by atoms with E-state index in [1.54, 1.807) is 0 Å². The SMILES string of the molecule is N#Cc1cccc([C@@]23CC[C@H](N(CCCN4CC[C@H](O)C4)C(=O)Nc4ccc(F)c(Cl)c4)CC2C3)c1. The van der Waals surface area contributed by atoms with Crippen LogP contribution in [-0.4, -0.2) is 59.3 Å². The van der Waals surface area contributed by atoms with Crippen molar-refractivity contribution in [3.8, 4) is 6.07 Å². The van der Waals surface area contributed by atoms with E-state index < -0.39 is 5.82 Å². The number of carbonyl (C=O) groups is 1. The Bertz CT molecular complexity index is 1170. The molecule has 0 aromatic heterocycles. The standard InChI is InChI=1S/C28H32ClFN4O2/c29-25-15-22(5-6-26(25)30)32-27(36)34(11-2-10-33-12-8-24(35)18-33)23-7-9-28(16-21(28)14-23)20-4-1-3-19(13-20)17-31/h1,3-6,13,15,21,23-24,35H,2,7-12,14,16,18H2,(H,32,36)/t21?,23-,24-,28-/m0/s1. The fourth-order valence-corrected chi connectivity index (χ4v) is 6.43. The summed E-state index contributed by atoms with van der Waals surface area (Å²) in [4.78, 5) is 17.6. The molecule has 2 amide bonds. The number of fused-ring (bicyclic) bond motifs is 1. The van der Waals surface area contributed by atoms with Gasteiger partial charge in [-0.1, -0.05) is 23.7 Å². The van der Waals surface area contributed by atoms with Crippen molar-refractivity contribution in [1.29, 1.82) is 5.26 Å². The molecule has 2 saturated carbocycles. The lowest BCUT2D eigenvalue weighted by atomic mass is 9.80. The molecule has 4 atom stereocenters. The zero-order valence-corrected chi connectivity index (χ0v) is 21.1. The van der Waals surface area contributed by atoms with E-state index in [0.29, 0.717) is 30.3 Å². The lowest BCUT2D eigenvalue weighted by Crippen LogP contribution is -2.46. The summed E-state index contributed by atoms with van der Waals surface area (Å²) in [5.74, 6) is -0.0216. The van der Waals surface area contributed by atoms with Gasteiger partial charge in [0.15, 0.2) is 0 Å². The summed E-state index contributed by atoms with van der Waals surface area (Å²) < 4.78 is 13.6. The van der Waals surface area contributed by atoms with Crippen LogP contribution in [0.3, 0.4) is 0 Å². The second-order valence-corrected chi connectivity index (χ2v) is 10.9. The van der Waals surface area contributed by atoms with Crippen LogP contribution in [0.2, 0.25) is 5.02 Å². The summed E-state index contributed by atoms with van der Waals surface area (Å²) >= 11 is 5.93. The van der Waals surface area contributed by atoms with Crippen molar-refractivity contribution in [3.05, 3.63) is 64.4 Å². The van der Waals surface area contributed by atoms with Crippen molar-refractivity contribution >= 4 is 23.3 Å². The van der Waals surface area contributed by atoms with Crippen LogP contribution in [0.25, 0.3) is 0 Å². The maximum Gasteiger partial charge on any atom is 0.322 e. The Morgan fingerprint density at radius 2 is 2.17 bits per heavy atom. The average Bonchev–Trinajstić information content (AvgIpc) is 3.48. The zero-order valence-electron chi connectivity index (χ0n) is 20.3. The number of rotatable bonds is 7. The van der Waals surface area contributed by atoms with E-state index in [1.807, 2.05) is 23.1 Å². The molecule has 3 aliphatic rings. The highest BCUT2D eigenvalue weighted by Gasteiger charge is 2.58. The molecule has 0 bridgehead atoms. The van der Waals surface area contributed by atoms with Crippen LogP contribution in [0.4, 0.5) is 14.9 Å². The minimum atomic E-state index is -0.517.